The maximum atomic E-state index is 13.8. The Morgan fingerprint density at radius 3 is 2.65 bits per heavy atom. The summed E-state index contributed by atoms with van der Waals surface area (Å²) < 4.78 is 14.6. The minimum atomic E-state index is -0.224. The summed E-state index contributed by atoms with van der Waals surface area (Å²) in [5, 5.41) is 0. The maximum Gasteiger partial charge on any atom is 0.146 e. The average molecular weight is 295 g/mol. The van der Waals surface area contributed by atoms with Gasteiger partial charge in [-0.25, -0.2) is 4.39 Å². The average Bonchev–Trinajstić information content (AvgIpc) is 2.34. The van der Waals surface area contributed by atoms with Gasteiger partial charge in [-0.2, -0.15) is 0 Å². The topological polar surface area (TPSA) is 16.1 Å². The fraction of sp³-hybridized carbons (Fsp3) is 0.154. The molecular weight excluding hydrogens is 283 g/mol. The highest BCUT2D eigenvalue weighted by atomic mass is 79.9. The first-order chi connectivity index (χ1) is 8.24. The molecule has 1 aromatic carbocycles. The van der Waals surface area contributed by atoms with E-state index in [-0.39, 0.29) is 5.82 Å². The Balaban J connectivity index is 2.48. The van der Waals surface area contributed by atoms with Crippen LogP contribution in [0.15, 0.2) is 47.2 Å². The Kier molecular flexibility index (Phi) is 3.74. The van der Waals surface area contributed by atoms with Crippen LogP contribution in [0.5, 0.6) is 0 Å². The van der Waals surface area contributed by atoms with Crippen LogP contribution in [0.1, 0.15) is 6.92 Å². The fourth-order valence-corrected chi connectivity index (χ4v) is 2.19. The summed E-state index contributed by atoms with van der Waals surface area (Å²) in [4.78, 5) is 5.91. The van der Waals surface area contributed by atoms with E-state index in [0.29, 0.717) is 12.2 Å². The van der Waals surface area contributed by atoms with Gasteiger partial charge in [0.2, 0.25) is 0 Å². The SMILES string of the molecule is CCN(c1ccccc1F)c1ccncc1Br. The van der Waals surface area contributed by atoms with Crippen molar-refractivity contribution in [2.45, 2.75) is 6.92 Å². The monoisotopic (exact) mass is 294 g/mol. The van der Waals surface area contributed by atoms with Gasteiger partial charge < -0.3 is 4.90 Å². The third-order valence-corrected chi connectivity index (χ3v) is 3.11. The molecule has 0 bridgehead atoms. The summed E-state index contributed by atoms with van der Waals surface area (Å²) in [5.74, 6) is -0.224. The highest BCUT2D eigenvalue weighted by Gasteiger charge is 2.13. The van der Waals surface area contributed by atoms with Crippen LogP contribution in [0.25, 0.3) is 0 Å². The fourth-order valence-electron chi connectivity index (χ4n) is 1.73. The highest BCUT2D eigenvalue weighted by molar-refractivity contribution is 9.10. The molecule has 0 spiro atoms. The summed E-state index contributed by atoms with van der Waals surface area (Å²) in [5.41, 5.74) is 1.48. The normalized spacial score (nSPS) is 10.3. The molecule has 0 radical (unpaired) electrons. The number of anilines is 2. The molecule has 2 rings (SSSR count). The van der Waals surface area contributed by atoms with Crippen molar-refractivity contribution in [2.24, 2.45) is 0 Å². The summed E-state index contributed by atoms with van der Waals surface area (Å²) in [7, 11) is 0. The molecule has 2 aromatic rings. The number of hydrogen-bond acceptors (Lipinski definition) is 2. The number of rotatable bonds is 3. The number of hydrogen-bond donors (Lipinski definition) is 0. The summed E-state index contributed by atoms with van der Waals surface area (Å²) in [6.07, 6.45) is 3.41. The summed E-state index contributed by atoms with van der Waals surface area (Å²) >= 11 is 3.43. The van der Waals surface area contributed by atoms with Gasteiger partial charge in [0.1, 0.15) is 5.82 Å². The standard InChI is InChI=1S/C13H12BrFN2/c1-2-17(12-7-8-16-9-10(12)14)13-6-4-3-5-11(13)15/h3-9H,2H2,1H3. The number of nitrogens with zero attached hydrogens (tertiary/aromatic N) is 2. The van der Waals surface area contributed by atoms with E-state index in [0.717, 1.165) is 10.2 Å². The van der Waals surface area contributed by atoms with Crippen LogP contribution in [0, 0.1) is 5.82 Å². The predicted molar refractivity (Wildman–Crippen MR) is 71.0 cm³/mol. The minimum Gasteiger partial charge on any atom is -0.338 e. The Labute approximate surface area is 108 Å². The first-order valence-electron chi connectivity index (χ1n) is 5.35. The molecule has 0 aliphatic heterocycles. The first-order valence-corrected chi connectivity index (χ1v) is 6.15. The number of benzene rings is 1. The van der Waals surface area contributed by atoms with E-state index in [1.165, 1.54) is 6.07 Å². The van der Waals surface area contributed by atoms with Crippen LogP contribution in [-0.4, -0.2) is 11.5 Å². The summed E-state index contributed by atoms with van der Waals surface area (Å²) in [6, 6.07) is 8.61. The van der Waals surface area contributed by atoms with E-state index in [4.69, 9.17) is 0 Å². The molecule has 2 nitrogen and oxygen atoms in total. The highest BCUT2D eigenvalue weighted by Crippen LogP contribution is 2.32. The van der Waals surface area contributed by atoms with Gasteiger partial charge in [0.05, 0.1) is 15.8 Å². The van der Waals surface area contributed by atoms with Crippen molar-refractivity contribution < 1.29 is 4.39 Å². The van der Waals surface area contributed by atoms with E-state index >= 15 is 0 Å². The Bertz CT molecular complexity index is 471. The van der Waals surface area contributed by atoms with E-state index in [1.807, 2.05) is 24.0 Å². The maximum absolute atomic E-state index is 13.8. The third kappa shape index (κ3) is 2.47. The Morgan fingerprint density at radius 1 is 1.24 bits per heavy atom. The van der Waals surface area contributed by atoms with Gasteiger partial charge >= 0.3 is 0 Å². The van der Waals surface area contributed by atoms with Crippen molar-refractivity contribution in [3.05, 3.63) is 53.0 Å². The predicted octanol–water partition coefficient (Wildman–Crippen LogP) is 4.14. The van der Waals surface area contributed by atoms with E-state index < -0.39 is 0 Å². The van der Waals surface area contributed by atoms with Crippen molar-refractivity contribution in [3.63, 3.8) is 0 Å². The van der Waals surface area contributed by atoms with Crippen LogP contribution in [-0.2, 0) is 0 Å². The molecule has 0 aliphatic carbocycles. The molecule has 1 aromatic heterocycles. The lowest BCUT2D eigenvalue weighted by Gasteiger charge is -2.24. The smallest absolute Gasteiger partial charge is 0.146 e. The van der Waals surface area contributed by atoms with Crippen LogP contribution in [0.4, 0.5) is 15.8 Å². The van der Waals surface area contributed by atoms with Gasteiger partial charge in [-0.15, -0.1) is 0 Å². The third-order valence-electron chi connectivity index (χ3n) is 2.50. The zero-order valence-corrected chi connectivity index (χ0v) is 11.0. The van der Waals surface area contributed by atoms with Crippen molar-refractivity contribution in [3.8, 4) is 0 Å². The van der Waals surface area contributed by atoms with E-state index in [1.54, 1.807) is 24.5 Å². The number of aromatic nitrogens is 1. The lowest BCUT2D eigenvalue weighted by atomic mass is 10.2. The molecule has 4 heteroatoms. The van der Waals surface area contributed by atoms with Crippen LogP contribution in [0.2, 0.25) is 0 Å². The Morgan fingerprint density at radius 2 is 2.00 bits per heavy atom. The molecule has 17 heavy (non-hydrogen) atoms. The Hall–Kier alpha value is -1.42. The van der Waals surface area contributed by atoms with Crippen LogP contribution in [0.3, 0.4) is 0 Å². The molecule has 0 N–H and O–H groups in total. The van der Waals surface area contributed by atoms with Crippen molar-refractivity contribution in [1.82, 2.24) is 4.98 Å². The van der Waals surface area contributed by atoms with Crippen molar-refractivity contribution in [1.29, 1.82) is 0 Å². The van der Waals surface area contributed by atoms with Gasteiger partial charge in [-0.1, -0.05) is 12.1 Å². The molecule has 0 saturated carbocycles. The molecule has 0 saturated heterocycles. The van der Waals surface area contributed by atoms with Gasteiger partial charge in [-0.3, -0.25) is 4.98 Å². The van der Waals surface area contributed by atoms with Gasteiger partial charge in [0.15, 0.2) is 0 Å². The number of halogens is 2. The van der Waals surface area contributed by atoms with Gasteiger partial charge in [0.25, 0.3) is 0 Å². The molecular formula is C13H12BrFN2. The lowest BCUT2D eigenvalue weighted by Crippen LogP contribution is -2.17. The first kappa shape index (κ1) is 12.0. The largest absolute Gasteiger partial charge is 0.338 e. The van der Waals surface area contributed by atoms with Crippen molar-refractivity contribution in [2.75, 3.05) is 11.4 Å². The lowest BCUT2D eigenvalue weighted by molar-refractivity contribution is 0.625. The molecule has 1 heterocycles. The summed E-state index contributed by atoms with van der Waals surface area (Å²) in [6.45, 7) is 2.67. The molecule has 0 aliphatic rings. The van der Waals surface area contributed by atoms with Gasteiger partial charge in [-0.05, 0) is 41.1 Å². The second kappa shape index (κ2) is 5.27. The van der Waals surface area contributed by atoms with Crippen molar-refractivity contribution >= 4 is 27.3 Å². The zero-order chi connectivity index (χ0) is 12.3. The van der Waals surface area contributed by atoms with Crippen LogP contribution < -0.4 is 4.90 Å². The molecule has 0 unspecified atom stereocenters. The van der Waals surface area contributed by atoms with E-state index in [9.17, 15) is 4.39 Å². The minimum absolute atomic E-state index is 0.224. The van der Waals surface area contributed by atoms with E-state index in [2.05, 4.69) is 20.9 Å². The number of para-hydroxylation sites is 1. The second-order valence-corrected chi connectivity index (χ2v) is 4.38. The molecule has 88 valence electrons. The van der Waals surface area contributed by atoms with Gasteiger partial charge in [0, 0.05) is 18.9 Å². The molecule has 0 atom stereocenters. The second-order valence-electron chi connectivity index (χ2n) is 3.52. The van der Waals surface area contributed by atoms with Crippen LogP contribution >= 0.6 is 15.9 Å². The quantitative estimate of drug-likeness (QED) is 0.846. The number of pyridine rings is 1. The molecule has 0 fully saturated rings. The zero-order valence-electron chi connectivity index (χ0n) is 9.40. The molecule has 0 amide bonds.